The summed E-state index contributed by atoms with van der Waals surface area (Å²) in [7, 11) is 0. The maximum Gasteiger partial charge on any atom is 0.128 e. The number of benzene rings is 2. The van der Waals surface area contributed by atoms with Gasteiger partial charge < -0.3 is 9.64 Å². The van der Waals surface area contributed by atoms with E-state index in [-0.39, 0.29) is 0 Å². The summed E-state index contributed by atoms with van der Waals surface area (Å²) in [4.78, 5) is 6.71. The monoisotopic (exact) mass is 358 g/mol. The molecule has 27 heavy (non-hydrogen) atoms. The van der Waals surface area contributed by atoms with Crippen LogP contribution in [0.15, 0.2) is 84.1 Å². The van der Waals surface area contributed by atoms with Crippen molar-refractivity contribution in [3.05, 3.63) is 84.6 Å². The molecule has 0 bridgehead atoms. The van der Waals surface area contributed by atoms with Crippen LogP contribution in [-0.4, -0.2) is 42.4 Å². The highest BCUT2D eigenvalue weighted by molar-refractivity contribution is 5.80. The lowest BCUT2D eigenvalue weighted by Crippen LogP contribution is -2.44. The molecule has 1 fully saturated rings. The topological polar surface area (TPSA) is 41.0 Å². The molecule has 1 aliphatic rings. The third-order valence-electron chi connectivity index (χ3n) is 4.44. The number of piperazine rings is 1. The Bertz CT molecular complexity index is 875. The largest absolute Gasteiger partial charge is 0.457 e. The van der Waals surface area contributed by atoms with E-state index >= 15 is 0 Å². The fourth-order valence-electron chi connectivity index (χ4n) is 3.01. The van der Waals surface area contributed by atoms with Gasteiger partial charge in [0.05, 0.1) is 19.3 Å². The third-order valence-corrected chi connectivity index (χ3v) is 4.44. The molecule has 1 saturated heterocycles. The van der Waals surface area contributed by atoms with E-state index in [0.717, 1.165) is 49.1 Å². The number of hydrogen-bond acceptors (Lipinski definition) is 5. The number of nitrogens with zero attached hydrogens (tertiary/aromatic N) is 4. The standard InChI is InChI=1S/C22H22N4O/c1-2-8-20(9-3-1)27-21-10-6-7-19(17-21)18-24-26-15-13-25(14-16-26)22-11-4-5-12-23-22/h1-12,17-18H,13-16H2. The predicted octanol–water partition coefficient (Wildman–Crippen LogP) is 4.03. The molecule has 3 aromatic rings. The molecule has 5 nitrogen and oxygen atoms in total. The lowest BCUT2D eigenvalue weighted by atomic mass is 10.2. The highest BCUT2D eigenvalue weighted by atomic mass is 16.5. The summed E-state index contributed by atoms with van der Waals surface area (Å²) in [6, 6.07) is 23.8. The quantitative estimate of drug-likeness (QED) is 0.646. The van der Waals surface area contributed by atoms with Crippen molar-refractivity contribution in [3.8, 4) is 11.5 Å². The zero-order chi connectivity index (χ0) is 18.3. The number of hydrazone groups is 1. The van der Waals surface area contributed by atoms with Crippen molar-refractivity contribution in [1.82, 2.24) is 9.99 Å². The van der Waals surface area contributed by atoms with Crippen LogP contribution in [0.4, 0.5) is 5.82 Å². The highest BCUT2D eigenvalue weighted by Gasteiger charge is 2.16. The summed E-state index contributed by atoms with van der Waals surface area (Å²) in [5, 5.41) is 6.74. The molecular formula is C22H22N4O. The SMILES string of the molecule is C(=NN1CCN(c2ccccn2)CC1)c1cccc(Oc2ccccc2)c1. The second kappa shape index (κ2) is 8.36. The smallest absolute Gasteiger partial charge is 0.128 e. The van der Waals surface area contributed by atoms with Gasteiger partial charge in [0, 0.05) is 19.3 Å². The van der Waals surface area contributed by atoms with Crippen molar-refractivity contribution in [3.63, 3.8) is 0 Å². The van der Waals surface area contributed by atoms with Crippen LogP contribution in [0.3, 0.4) is 0 Å². The summed E-state index contributed by atoms with van der Waals surface area (Å²) >= 11 is 0. The van der Waals surface area contributed by atoms with Crippen LogP contribution >= 0.6 is 0 Å². The second-order valence-electron chi connectivity index (χ2n) is 6.36. The minimum Gasteiger partial charge on any atom is -0.457 e. The number of hydrogen-bond donors (Lipinski definition) is 0. The molecule has 2 aromatic carbocycles. The first-order chi connectivity index (χ1) is 13.4. The maximum absolute atomic E-state index is 5.88. The Hall–Kier alpha value is -3.34. The first-order valence-corrected chi connectivity index (χ1v) is 9.15. The molecule has 5 heteroatoms. The van der Waals surface area contributed by atoms with E-state index in [1.165, 1.54) is 0 Å². The molecule has 1 aliphatic heterocycles. The van der Waals surface area contributed by atoms with Gasteiger partial charge in [-0.2, -0.15) is 5.10 Å². The van der Waals surface area contributed by atoms with Gasteiger partial charge in [-0.25, -0.2) is 4.98 Å². The van der Waals surface area contributed by atoms with Gasteiger partial charge in [-0.15, -0.1) is 0 Å². The number of rotatable bonds is 5. The Labute approximate surface area is 159 Å². The molecular weight excluding hydrogens is 336 g/mol. The van der Waals surface area contributed by atoms with Gasteiger partial charge in [0.25, 0.3) is 0 Å². The van der Waals surface area contributed by atoms with Crippen LogP contribution in [0.5, 0.6) is 11.5 Å². The summed E-state index contributed by atoms with van der Waals surface area (Å²) < 4.78 is 5.88. The molecule has 0 aliphatic carbocycles. The molecule has 136 valence electrons. The van der Waals surface area contributed by atoms with Gasteiger partial charge >= 0.3 is 0 Å². The van der Waals surface area contributed by atoms with Crippen LogP contribution in [0.25, 0.3) is 0 Å². The molecule has 2 heterocycles. The summed E-state index contributed by atoms with van der Waals surface area (Å²) in [5.74, 6) is 2.68. The van der Waals surface area contributed by atoms with Gasteiger partial charge in [-0.05, 0) is 42.0 Å². The summed E-state index contributed by atoms with van der Waals surface area (Å²) in [6.07, 6.45) is 3.73. The average Bonchev–Trinajstić information content (AvgIpc) is 2.74. The summed E-state index contributed by atoms with van der Waals surface area (Å²) in [5.41, 5.74) is 1.02. The van der Waals surface area contributed by atoms with Crippen molar-refractivity contribution in [2.45, 2.75) is 0 Å². The Morgan fingerprint density at radius 1 is 0.815 bits per heavy atom. The Balaban J connectivity index is 1.34. The zero-order valence-electron chi connectivity index (χ0n) is 15.1. The lowest BCUT2D eigenvalue weighted by Gasteiger charge is -2.33. The maximum atomic E-state index is 5.88. The second-order valence-corrected chi connectivity index (χ2v) is 6.36. The van der Waals surface area contributed by atoms with Gasteiger partial charge in [0.2, 0.25) is 0 Å². The van der Waals surface area contributed by atoms with Crippen molar-refractivity contribution in [2.75, 3.05) is 31.1 Å². The number of ether oxygens (including phenoxy) is 1. The molecule has 0 unspecified atom stereocenters. The van der Waals surface area contributed by atoms with E-state index in [0.29, 0.717) is 0 Å². The van der Waals surface area contributed by atoms with Gasteiger partial charge in [-0.1, -0.05) is 36.4 Å². The normalized spacial score (nSPS) is 14.5. The molecule has 0 N–H and O–H groups in total. The fourth-order valence-corrected chi connectivity index (χ4v) is 3.01. The number of para-hydroxylation sites is 1. The number of anilines is 1. The summed E-state index contributed by atoms with van der Waals surface area (Å²) in [6.45, 7) is 3.61. The van der Waals surface area contributed by atoms with E-state index < -0.39 is 0 Å². The predicted molar refractivity (Wildman–Crippen MR) is 109 cm³/mol. The van der Waals surface area contributed by atoms with Crippen molar-refractivity contribution in [2.24, 2.45) is 5.10 Å². The van der Waals surface area contributed by atoms with Crippen LogP contribution in [0.2, 0.25) is 0 Å². The Kier molecular flexibility index (Phi) is 5.29. The first-order valence-electron chi connectivity index (χ1n) is 9.15. The van der Waals surface area contributed by atoms with E-state index in [9.17, 15) is 0 Å². The number of aromatic nitrogens is 1. The average molecular weight is 358 g/mol. The fraction of sp³-hybridized carbons (Fsp3) is 0.182. The van der Waals surface area contributed by atoms with Gasteiger partial charge in [-0.3, -0.25) is 5.01 Å². The van der Waals surface area contributed by atoms with Crippen LogP contribution in [0.1, 0.15) is 5.56 Å². The van der Waals surface area contributed by atoms with Crippen molar-refractivity contribution < 1.29 is 4.74 Å². The molecule has 0 radical (unpaired) electrons. The minimum atomic E-state index is 0.810. The molecule has 0 atom stereocenters. The Morgan fingerprint density at radius 3 is 2.37 bits per heavy atom. The zero-order valence-corrected chi connectivity index (χ0v) is 15.1. The van der Waals surface area contributed by atoms with Gasteiger partial charge in [0.15, 0.2) is 0 Å². The van der Waals surface area contributed by atoms with E-state index in [1.54, 1.807) is 0 Å². The van der Waals surface area contributed by atoms with Gasteiger partial charge in [0.1, 0.15) is 17.3 Å². The molecule has 4 rings (SSSR count). The van der Waals surface area contributed by atoms with E-state index in [2.05, 4.69) is 26.1 Å². The Morgan fingerprint density at radius 2 is 1.59 bits per heavy atom. The molecule has 1 aromatic heterocycles. The van der Waals surface area contributed by atoms with E-state index in [1.807, 2.05) is 79.1 Å². The molecule has 0 spiro atoms. The third kappa shape index (κ3) is 4.64. The molecule has 0 saturated carbocycles. The highest BCUT2D eigenvalue weighted by Crippen LogP contribution is 2.21. The minimum absolute atomic E-state index is 0.810. The number of pyridine rings is 1. The van der Waals surface area contributed by atoms with Crippen LogP contribution in [0, 0.1) is 0 Å². The first kappa shape index (κ1) is 17.1. The molecule has 0 amide bonds. The van der Waals surface area contributed by atoms with Crippen LogP contribution in [-0.2, 0) is 0 Å². The van der Waals surface area contributed by atoms with E-state index in [4.69, 9.17) is 4.74 Å². The lowest BCUT2D eigenvalue weighted by molar-refractivity contribution is 0.271. The van der Waals surface area contributed by atoms with Crippen LogP contribution < -0.4 is 9.64 Å². The van der Waals surface area contributed by atoms with Crippen molar-refractivity contribution in [1.29, 1.82) is 0 Å². The van der Waals surface area contributed by atoms with Crippen molar-refractivity contribution >= 4 is 12.0 Å².